The monoisotopic (exact) mass is 561 g/mol. The molecule has 7 nitrogen and oxygen atoms in total. The van der Waals surface area contributed by atoms with E-state index in [0.29, 0.717) is 56.0 Å². The summed E-state index contributed by atoms with van der Waals surface area (Å²) in [5, 5.41) is 0.612. The molecule has 0 radical (unpaired) electrons. The first-order valence-corrected chi connectivity index (χ1v) is 13.9. The number of carbonyl (C=O) groups is 1. The van der Waals surface area contributed by atoms with Crippen LogP contribution in [0.25, 0.3) is 17.4 Å². The summed E-state index contributed by atoms with van der Waals surface area (Å²) in [6.45, 7) is 6.78. The number of allylic oxidation sites excluding steroid dienone is 1. The zero-order chi connectivity index (χ0) is 27.7. The molecule has 2 aromatic carbocycles. The molecule has 3 heterocycles. The van der Waals surface area contributed by atoms with Crippen LogP contribution >= 0.6 is 22.9 Å². The number of nitrogens with zero attached hydrogens (tertiary/aromatic N) is 3. The van der Waals surface area contributed by atoms with Crippen LogP contribution in [0.2, 0.25) is 5.02 Å². The summed E-state index contributed by atoms with van der Waals surface area (Å²) in [7, 11) is 1.58. The van der Waals surface area contributed by atoms with E-state index >= 15 is 0 Å². The van der Waals surface area contributed by atoms with Crippen LogP contribution in [-0.2, 0) is 4.79 Å². The van der Waals surface area contributed by atoms with Gasteiger partial charge in [-0.3, -0.25) is 14.2 Å². The van der Waals surface area contributed by atoms with Crippen molar-refractivity contribution in [2.45, 2.75) is 26.8 Å². The van der Waals surface area contributed by atoms with Crippen molar-refractivity contribution in [1.82, 2.24) is 9.47 Å². The zero-order valence-corrected chi connectivity index (χ0v) is 23.7. The summed E-state index contributed by atoms with van der Waals surface area (Å²) < 4.78 is 13.7. The van der Waals surface area contributed by atoms with Gasteiger partial charge in [-0.05, 0) is 51.1 Å². The van der Waals surface area contributed by atoms with Gasteiger partial charge in [0.2, 0.25) is 0 Å². The van der Waals surface area contributed by atoms with Crippen LogP contribution in [0.4, 0.5) is 0 Å². The van der Waals surface area contributed by atoms with E-state index in [1.54, 1.807) is 28.7 Å². The second-order valence-corrected chi connectivity index (χ2v) is 10.5. The van der Waals surface area contributed by atoms with E-state index in [0.717, 1.165) is 11.1 Å². The summed E-state index contributed by atoms with van der Waals surface area (Å²) in [5.74, 6) is 1.61. The number of halogens is 1. The van der Waals surface area contributed by atoms with Crippen LogP contribution in [0.3, 0.4) is 0 Å². The molecule has 5 rings (SSSR count). The van der Waals surface area contributed by atoms with Crippen LogP contribution in [0.15, 0.2) is 86.1 Å². The maximum Gasteiger partial charge on any atom is 0.271 e. The van der Waals surface area contributed by atoms with Gasteiger partial charge in [-0.1, -0.05) is 53.3 Å². The molecule has 0 saturated carbocycles. The van der Waals surface area contributed by atoms with Crippen LogP contribution < -0.4 is 19.6 Å². The number of ether oxygens (including phenoxy) is 1. The molecule has 9 heteroatoms. The van der Waals surface area contributed by atoms with Crippen molar-refractivity contribution in [1.29, 1.82) is 0 Å². The third kappa shape index (κ3) is 4.97. The molecular weight excluding hydrogens is 534 g/mol. The Labute approximate surface area is 234 Å². The van der Waals surface area contributed by atoms with E-state index in [1.807, 2.05) is 75.4 Å². The molecule has 0 spiro atoms. The lowest BCUT2D eigenvalue weighted by Gasteiger charge is -2.29. The second kappa shape index (κ2) is 11.1. The standard InChI is InChI=1S/C30H28ClN3O4S/c1-5-33(6-2)29(36)26-18(3)32-30-34(27(26)22-12-7-8-13-24(22)37-4)28(35)25(39-30)17-21-14-15-23(38-21)19-10-9-11-20(31)16-19/h7-17,27H,5-6H2,1-4H3/b25-17+/t27-/m0/s1. The van der Waals surface area contributed by atoms with Gasteiger partial charge in [-0.2, -0.15) is 0 Å². The molecule has 2 aromatic heterocycles. The van der Waals surface area contributed by atoms with E-state index in [4.69, 9.17) is 25.7 Å². The number of furan rings is 1. The molecule has 1 atom stereocenters. The number of rotatable bonds is 7. The van der Waals surface area contributed by atoms with E-state index in [2.05, 4.69) is 0 Å². The van der Waals surface area contributed by atoms with Gasteiger partial charge in [-0.25, -0.2) is 4.99 Å². The summed E-state index contributed by atoms with van der Waals surface area (Å²) >= 11 is 7.40. The summed E-state index contributed by atoms with van der Waals surface area (Å²) in [6.07, 6.45) is 1.71. The largest absolute Gasteiger partial charge is 0.496 e. The Morgan fingerprint density at radius 1 is 1.15 bits per heavy atom. The predicted molar refractivity (Wildman–Crippen MR) is 154 cm³/mol. The summed E-state index contributed by atoms with van der Waals surface area (Å²) in [5.41, 5.74) is 2.35. The number of hydrogen-bond donors (Lipinski definition) is 0. The number of benzene rings is 2. The lowest BCUT2D eigenvalue weighted by Crippen LogP contribution is -2.43. The highest BCUT2D eigenvalue weighted by atomic mass is 35.5. The van der Waals surface area contributed by atoms with Crippen LogP contribution in [0, 0.1) is 0 Å². The third-order valence-corrected chi connectivity index (χ3v) is 7.96. The van der Waals surface area contributed by atoms with Crippen molar-refractivity contribution >= 4 is 34.9 Å². The molecule has 200 valence electrons. The van der Waals surface area contributed by atoms with E-state index in [-0.39, 0.29) is 11.5 Å². The zero-order valence-electron chi connectivity index (χ0n) is 22.1. The summed E-state index contributed by atoms with van der Waals surface area (Å²) in [6, 6.07) is 17.8. The first-order chi connectivity index (χ1) is 18.9. The number of hydrogen-bond acceptors (Lipinski definition) is 6. The Kier molecular flexibility index (Phi) is 7.59. The van der Waals surface area contributed by atoms with Gasteiger partial charge in [0.05, 0.1) is 22.9 Å². The molecular formula is C30H28ClN3O4S. The smallest absolute Gasteiger partial charge is 0.271 e. The molecule has 0 bridgehead atoms. The Balaban J connectivity index is 1.68. The number of likely N-dealkylation sites (N-methyl/N-ethyl adjacent to an activating group) is 1. The first-order valence-electron chi connectivity index (χ1n) is 12.7. The van der Waals surface area contributed by atoms with Crippen molar-refractivity contribution in [2.75, 3.05) is 20.2 Å². The predicted octanol–water partition coefficient (Wildman–Crippen LogP) is 5.03. The van der Waals surface area contributed by atoms with Crippen molar-refractivity contribution in [3.05, 3.63) is 108 Å². The fourth-order valence-electron chi connectivity index (χ4n) is 4.82. The molecule has 1 aliphatic rings. The normalized spacial score (nSPS) is 15.2. The number of methoxy groups -OCH3 is 1. The lowest BCUT2D eigenvalue weighted by molar-refractivity contribution is -0.127. The molecule has 0 unspecified atom stereocenters. The number of amides is 1. The molecule has 0 N–H and O–H groups in total. The molecule has 0 aliphatic carbocycles. The first kappa shape index (κ1) is 26.7. The van der Waals surface area contributed by atoms with Crippen molar-refractivity contribution in [3.8, 4) is 17.1 Å². The molecule has 1 amide bonds. The SMILES string of the molecule is CCN(CC)C(=O)C1=C(C)N=c2s/c(=C/c3ccc(-c4cccc(Cl)c4)o3)c(=O)n2[C@H]1c1ccccc1OC. The quantitative estimate of drug-likeness (QED) is 0.317. The number of para-hydroxylation sites is 1. The molecule has 0 saturated heterocycles. The fourth-order valence-corrected chi connectivity index (χ4v) is 6.04. The lowest BCUT2D eigenvalue weighted by atomic mass is 9.94. The Bertz CT molecular complexity index is 1760. The Morgan fingerprint density at radius 2 is 1.92 bits per heavy atom. The van der Waals surface area contributed by atoms with Crippen molar-refractivity contribution < 1.29 is 13.9 Å². The van der Waals surface area contributed by atoms with Crippen molar-refractivity contribution in [2.24, 2.45) is 4.99 Å². The number of fused-ring (bicyclic) bond motifs is 1. The van der Waals surface area contributed by atoms with Crippen LogP contribution in [-0.4, -0.2) is 35.6 Å². The average Bonchev–Trinajstić information content (AvgIpc) is 3.53. The number of aromatic nitrogens is 1. The maximum atomic E-state index is 13.9. The van der Waals surface area contributed by atoms with Gasteiger partial charge in [0.1, 0.15) is 23.3 Å². The van der Waals surface area contributed by atoms with Gasteiger partial charge in [0.15, 0.2) is 4.80 Å². The molecule has 39 heavy (non-hydrogen) atoms. The van der Waals surface area contributed by atoms with Gasteiger partial charge >= 0.3 is 0 Å². The van der Waals surface area contributed by atoms with Gasteiger partial charge in [-0.15, -0.1) is 0 Å². The minimum Gasteiger partial charge on any atom is -0.496 e. The minimum atomic E-state index is -0.689. The van der Waals surface area contributed by atoms with E-state index < -0.39 is 6.04 Å². The highest BCUT2D eigenvalue weighted by Crippen LogP contribution is 2.36. The van der Waals surface area contributed by atoms with E-state index in [9.17, 15) is 9.59 Å². The average molecular weight is 562 g/mol. The second-order valence-electron chi connectivity index (χ2n) is 9.01. The Hall–Kier alpha value is -3.88. The van der Waals surface area contributed by atoms with Gasteiger partial charge in [0.25, 0.3) is 11.5 Å². The highest BCUT2D eigenvalue weighted by molar-refractivity contribution is 7.07. The van der Waals surface area contributed by atoms with Crippen LogP contribution in [0.5, 0.6) is 5.75 Å². The topological polar surface area (TPSA) is 77.0 Å². The van der Waals surface area contributed by atoms with Gasteiger partial charge < -0.3 is 14.1 Å². The van der Waals surface area contributed by atoms with Gasteiger partial charge in [0, 0.05) is 35.3 Å². The highest BCUT2D eigenvalue weighted by Gasteiger charge is 2.35. The Morgan fingerprint density at radius 3 is 2.64 bits per heavy atom. The fraction of sp³-hybridized carbons (Fsp3) is 0.233. The molecule has 4 aromatic rings. The molecule has 0 fully saturated rings. The number of thiazole rings is 1. The summed E-state index contributed by atoms with van der Waals surface area (Å²) in [4.78, 5) is 34.7. The van der Waals surface area contributed by atoms with Crippen molar-refractivity contribution in [3.63, 3.8) is 0 Å². The minimum absolute atomic E-state index is 0.149. The third-order valence-electron chi connectivity index (χ3n) is 6.75. The molecule has 1 aliphatic heterocycles. The maximum absolute atomic E-state index is 13.9. The van der Waals surface area contributed by atoms with Crippen LogP contribution in [0.1, 0.15) is 38.1 Å². The number of carbonyl (C=O) groups excluding carboxylic acids is 1. The van der Waals surface area contributed by atoms with E-state index in [1.165, 1.54) is 11.3 Å².